The minimum Gasteiger partial charge on any atom is -0.348 e. The van der Waals surface area contributed by atoms with E-state index in [-0.39, 0.29) is 12.2 Å². The number of hydrogen-bond donors (Lipinski definition) is 0. The molecular formula is C26H34F2O2. The molecule has 0 radical (unpaired) electrons. The molecule has 4 heteroatoms. The summed E-state index contributed by atoms with van der Waals surface area (Å²) < 4.78 is 37.1. The van der Waals surface area contributed by atoms with Gasteiger partial charge in [0.25, 0.3) is 6.08 Å². The van der Waals surface area contributed by atoms with Gasteiger partial charge in [-0.05, 0) is 86.7 Å². The lowest BCUT2D eigenvalue weighted by atomic mass is 9.76. The van der Waals surface area contributed by atoms with Gasteiger partial charge in [0, 0.05) is 11.5 Å². The molecule has 3 aliphatic rings. The Morgan fingerprint density at radius 3 is 1.90 bits per heavy atom. The predicted octanol–water partition coefficient (Wildman–Crippen LogP) is 7.39. The average molecular weight is 417 g/mol. The van der Waals surface area contributed by atoms with Crippen molar-refractivity contribution in [3.8, 4) is 0 Å². The van der Waals surface area contributed by atoms with E-state index >= 15 is 0 Å². The topological polar surface area (TPSA) is 18.5 Å². The van der Waals surface area contributed by atoms with Crippen molar-refractivity contribution in [2.45, 2.75) is 63.6 Å². The molecule has 2 nitrogen and oxygen atoms in total. The highest BCUT2D eigenvalue weighted by molar-refractivity contribution is 5.27. The van der Waals surface area contributed by atoms with Crippen molar-refractivity contribution >= 4 is 0 Å². The van der Waals surface area contributed by atoms with Gasteiger partial charge < -0.3 is 9.47 Å². The SMILES string of the molecule is C=CC1CCC(C2COC(c3ccc(C4CCC(C=C(F)F)CC4)cc3)OC2)CC1. The van der Waals surface area contributed by atoms with Crippen LogP contribution in [0, 0.1) is 23.7 Å². The summed E-state index contributed by atoms with van der Waals surface area (Å²) in [5.41, 5.74) is 2.37. The van der Waals surface area contributed by atoms with Gasteiger partial charge in [-0.25, -0.2) is 0 Å². The molecule has 1 aromatic rings. The van der Waals surface area contributed by atoms with E-state index in [9.17, 15) is 8.78 Å². The second-order valence-electron chi connectivity index (χ2n) is 9.40. The summed E-state index contributed by atoms with van der Waals surface area (Å²) in [5.74, 6) is 2.41. The third-order valence-corrected chi connectivity index (χ3v) is 7.55. The zero-order valence-electron chi connectivity index (χ0n) is 17.8. The number of benzene rings is 1. The Bertz CT molecular complexity index is 701. The Morgan fingerprint density at radius 2 is 1.33 bits per heavy atom. The van der Waals surface area contributed by atoms with Gasteiger partial charge in [0.2, 0.25) is 0 Å². The number of allylic oxidation sites excluding steroid dienone is 2. The highest BCUT2D eigenvalue weighted by Gasteiger charge is 2.32. The maximum atomic E-state index is 12.5. The monoisotopic (exact) mass is 416 g/mol. The van der Waals surface area contributed by atoms with E-state index in [1.165, 1.54) is 31.2 Å². The molecule has 2 saturated carbocycles. The lowest BCUT2D eigenvalue weighted by Gasteiger charge is -2.37. The Balaban J connectivity index is 1.25. The summed E-state index contributed by atoms with van der Waals surface area (Å²) in [5, 5.41) is 0. The highest BCUT2D eigenvalue weighted by Crippen LogP contribution is 2.39. The maximum Gasteiger partial charge on any atom is 0.266 e. The zero-order chi connectivity index (χ0) is 20.9. The molecule has 3 fully saturated rings. The number of ether oxygens (including phenoxy) is 2. The molecule has 4 rings (SSSR count). The molecule has 0 bridgehead atoms. The van der Waals surface area contributed by atoms with E-state index in [4.69, 9.17) is 9.47 Å². The molecule has 0 aromatic heterocycles. The van der Waals surface area contributed by atoms with Crippen LogP contribution in [0.15, 0.2) is 49.1 Å². The van der Waals surface area contributed by atoms with Gasteiger partial charge in [0.05, 0.1) is 13.2 Å². The van der Waals surface area contributed by atoms with Crippen molar-refractivity contribution in [1.29, 1.82) is 0 Å². The van der Waals surface area contributed by atoms with E-state index in [0.29, 0.717) is 23.7 Å². The van der Waals surface area contributed by atoms with Crippen LogP contribution in [0.5, 0.6) is 0 Å². The second kappa shape index (κ2) is 10.2. The predicted molar refractivity (Wildman–Crippen MR) is 115 cm³/mol. The van der Waals surface area contributed by atoms with Crippen LogP contribution in [0.2, 0.25) is 0 Å². The Hall–Kier alpha value is -1.52. The quantitative estimate of drug-likeness (QED) is 0.466. The lowest BCUT2D eigenvalue weighted by molar-refractivity contribution is -0.214. The average Bonchev–Trinajstić information content (AvgIpc) is 2.80. The van der Waals surface area contributed by atoms with Crippen LogP contribution in [-0.4, -0.2) is 13.2 Å². The lowest BCUT2D eigenvalue weighted by Crippen LogP contribution is -2.34. The molecule has 0 N–H and O–H groups in total. The van der Waals surface area contributed by atoms with E-state index < -0.39 is 6.08 Å². The molecule has 164 valence electrons. The van der Waals surface area contributed by atoms with Crippen LogP contribution in [-0.2, 0) is 9.47 Å². The van der Waals surface area contributed by atoms with Crippen molar-refractivity contribution in [3.63, 3.8) is 0 Å². The molecule has 0 unspecified atom stereocenters. The first-order valence-corrected chi connectivity index (χ1v) is 11.6. The molecule has 1 heterocycles. The molecule has 2 aliphatic carbocycles. The molecule has 1 saturated heterocycles. The normalized spacial score (nSPS) is 34.9. The van der Waals surface area contributed by atoms with E-state index in [1.807, 2.05) is 0 Å². The smallest absolute Gasteiger partial charge is 0.266 e. The first kappa shape index (κ1) is 21.7. The first-order chi connectivity index (χ1) is 14.6. The van der Waals surface area contributed by atoms with Crippen molar-refractivity contribution in [2.24, 2.45) is 23.7 Å². The summed E-state index contributed by atoms with van der Waals surface area (Å²) in [6, 6.07) is 8.56. The van der Waals surface area contributed by atoms with Gasteiger partial charge in [-0.3, -0.25) is 0 Å². The fraction of sp³-hybridized carbons (Fsp3) is 0.615. The van der Waals surface area contributed by atoms with Crippen molar-refractivity contribution in [3.05, 3.63) is 60.2 Å². The Morgan fingerprint density at radius 1 is 0.767 bits per heavy atom. The van der Waals surface area contributed by atoms with Crippen LogP contribution in [0.3, 0.4) is 0 Å². The van der Waals surface area contributed by atoms with Crippen molar-refractivity contribution in [2.75, 3.05) is 13.2 Å². The summed E-state index contributed by atoms with van der Waals surface area (Å²) >= 11 is 0. The molecule has 1 aromatic carbocycles. The standard InChI is InChI=1S/C26H34F2O2/c1-2-18-3-7-22(8-4-18)24-16-29-26(30-17-24)23-13-11-21(12-14-23)20-9-5-19(6-10-20)15-25(27)28/h2,11-15,18-20,22,24,26H,1,3-10,16-17H2. The van der Waals surface area contributed by atoms with Gasteiger partial charge in [-0.15, -0.1) is 6.58 Å². The summed E-state index contributed by atoms with van der Waals surface area (Å²) in [4.78, 5) is 0. The molecule has 0 amide bonds. The largest absolute Gasteiger partial charge is 0.348 e. The van der Waals surface area contributed by atoms with Crippen LogP contribution < -0.4 is 0 Å². The van der Waals surface area contributed by atoms with Gasteiger partial charge in [0.15, 0.2) is 6.29 Å². The molecule has 0 spiro atoms. The molecule has 0 atom stereocenters. The minimum atomic E-state index is -1.54. The van der Waals surface area contributed by atoms with E-state index in [2.05, 4.69) is 36.9 Å². The minimum absolute atomic E-state index is 0.0364. The van der Waals surface area contributed by atoms with Gasteiger partial charge in [-0.2, -0.15) is 8.78 Å². The molecule has 30 heavy (non-hydrogen) atoms. The fourth-order valence-electron chi connectivity index (χ4n) is 5.56. The van der Waals surface area contributed by atoms with Gasteiger partial charge in [0.1, 0.15) is 0 Å². The Kier molecular flexibility index (Phi) is 7.37. The van der Waals surface area contributed by atoms with Gasteiger partial charge >= 0.3 is 0 Å². The van der Waals surface area contributed by atoms with E-state index in [1.54, 1.807) is 0 Å². The molecule has 1 aliphatic heterocycles. The second-order valence-corrected chi connectivity index (χ2v) is 9.40. The zero-order valence-corrected chi connectivity index (χ0v) is 17.8. The highest BCUT2D eigenvalue weighted by atomic mass is 19.3. The third-order valence-electron chi connectivity index (χ3n) is 7.55. The third kappa shape index (κ3) is 5.39. The molecular weight excluding hydrogens is 382 g/mol. The summed E-state index contributed by atoms with van der Waals surface area (Å²) in [6.45, 7) is 5.49. The maximum absolute atomic E-state index is 12.5. The van der Waals surface area contributed by atoms with Crippen molar-refractivity contribution < 1.29 is 18.3 Å². The van der Waals surface area contributed by atoms with Crippen molar-refractivity contribution in [1.82, 2.24) is 0 Å². The van der Waals surface area contributed by atoms with Crippen LogP contribution in [0.25, 0.3) is 0 Å². The first-order valence-electron chi connectivity index (χ1n) is 11.6. The van der Waals surface area contributed by atoms with Crippen LogP contribution >= 0.6 is 0 Å². The number of halogens is 2. The van der Waals surface area contributed by atoms with Crippen LogP contribution in [0.4, 0.5) is 8.78 Å². The van der Waals surface area contributed by atoms with E-state index in [0.717, 1.165) is 50.5 Å². The number of hydrogen-bond acceptors (Lipinski definition) is 2. The van der Waals surface area contributed by atoms with Gasteiger partial charge in [-0.1, -0.05) is 30.3 Å². The summed E-state index contributed by atoms with van der Waals surface area (Å²) in [7, 11) is 0. The fourth-order valence-corrected chi connectivity index (χ4v) is 5.56. The number of rotatable bonds is 5. The Labute approximate surface area is 179 Å². The van der Waals surface area contributed by atoms with Crippen LogP contribution in [0.1, 0.15) is 74.7 Å². The summed E-state index contributed by atoms with van der Waals surface area (Å²) in [6.07, 6.45) is 10.1.